The first-order chi connectivity index (χ1) is 11.8. The van der Waals surface area contributed by atoms with Crippen molar-refractivity contribution < 1.29 is 9.21 Å². The van der Waals surface area contributed by atoms with Crippen molar-refractivity contribution in [3.05, 3.63) is 71.7 Å². The van der Waals surface area contributed by atoms with E-state index in [2.05, 4.69) is 17.0 Å². The van der Waals surface area contributed by atoms with Gasteiger partial charge in [0.15, 0.2) is 5.17 Å². The van der Waals surface area contributed by atoms with Gasteiger partial charge in [-0.05, 0) is 18.2 Å². The molecule has 120 valence electrons. The molecule has 0 saturated heterocycles. The summed E-state index contributed by atoms with van der Waals surface area (Å²) in [5.74, 6) is 1.09. The lowest BCUT2D eigenvalue weighted by Gasteiger charge is -2.32. The van der Waals surface area contributed by atoms with E-state index in [4.69, 9.17) is 9.41 Å². The molecular weight excluding hydrogens is 324 g/mol. The van der Waals surface area contributed by atoms with Crippen LogP contribution in [-0.4, -0.2) is 21.8 Å². The van der Waals surface area contributed by atoms with Crippen LogP contribution in [0.3, 0.4) is 0 Å². The van der Waals surface area contributed by atoms with Crippen LogP contribution >= 0.6 is 11.8 Å². The standard InChI is InChI=1S/C17H14N4O2S/c1-2-10-24-17-19-16(22)14-11-6-3-4-7-12(11)18-15(21(14)20-17)13-8-5-9-23-13/h2-9,15H,1,10H2,(H,19,20,22)/t15-/m1/s1. The molecule has 1 N–H and O–H groups in total. The van der Waals surface area contributed by atoms with E-state index >= 15 is 0 Å². The topological polar surface area (TPSA) is 70.2 Å². The Labute approximate surface area is 142 Å². The summed E-state index contributed by atoms with van der Waals surface area (Å²) in [5.41, 5.74) is 0.477. The second-order valence-electron chi connectivity index (χ2n) is 5.19. The van der Waals surface area contributed by atoms with Crippen LogP contribution in [0.25, 0.3) is 5.70 Å². The molecule has 1 amide bonds. The average Bonchev–Trinajstić information content (AvgIpc) is 3.13. The van der Waals surface area contributed by atoms with Crippen molar-refractivity contribution >= 4 is 28.5 Å². The summed E-state index contributed by atoms with van der Waals surface area (Å²) in [6, 6.07) is 11.2. The van der Waals surface area contributed by atoms with E-state index in [-0.39, 0.29) is 5.91 Å². The Hall–Kier alpha value is -2.80. The highest BCUT2D eigenvalue weighted by Crippen LogP contribution is 2.30. The summed E-state index contributed by atoms with van der Waals surface area (Å²) in [7, 11) is 0. The number of amides is 1. The fourth-order valence-corrected chi connectivity index (χ4v) is 3.24. The van der Waals surface area contributed by atoms with E-state index in [1.807, 2.05) is 30.3 Å². The molecule has 1 aromatic carbocycles. The Morgan fingerprint density at radius 1 is 1.33 bits per heavy atom. The van der Waals surface area contributed by atoms with E-state index in [1.165, 1.54) is 11.8 Å². The van der Waals surface area contributed by atoms with Gasteiger partial charge >= 0.3 is 0 Å². The minimum Gasteiger partial charge on any atom is -0.465 e. The number of fused-ring (bicyclic) bond motifs is 2. The Kier molecular flexibility index (Phi) is 3.70. The molecular formula is C17H14N4O2S. The number of hydrazone groups is 1. The third-order valence-electron chi connectivity index (χ3n) is 3.65. The zero-order chi connectivity index (χ0) is 16.5. The molecule has 1 atom stereocenters. The maximum Gasteiger partial charge on any atom is 0.276 e. The number of furan rings is 1. The van der Waals surface area contributed by atoms with Crippen LogP contribution < -0.4 is 15.9 Å². The van der Waals surface area contributed by atoms with E-state index in [9.17, 15) is 4.79 Å². The van der Waals surface area contributed by atoms with Gasteiger partial charge in [0, 0.05) is 11.0 Å². The Bertz CT molecular complexity index is 949. The number of nitrogens with zero attached hydrogens (tertiary/aromatic N) is 3. The van der Waals surface area contributed by atoms with E-state index < -0.39 is 6.17 Å². The first-order valence-corrected chi connectivity index (χ1v) is 8.40. The molecule has 24 heavy (non-hydrogen) atoms. The van der Waals surface area contributed by atoms with Crippen molar-refractivity contribution in [2.45, 2.75) is 6.17 Å². The molecule has 2 aromatic rings. The molecule has 1 aromatic heterocycles. The summed E-state index contributed by atoms with van der Waals surface area (Å²) in [6.45, 7) is 3.69. The van der Waals surface area contributed by atoms with Crippen molar-refractivity contribution in [3.63, 3.8) is 0 Å². The van der Waals surface area contributed by atoms with Crippen molar-refractivity contribution in [1.29, 1.82) is 0 Å². The molecule has 0 saturated carbocycles. The molecule has 0 fully saturated rings. The van der Waals surface area contributed by atoms with Crippen molar-refractivity contribution in [1.82, 2.24) is 10.3 Å². The van der Waals surface area contributed by atoms with Crippen LogP contribution in [0, 0.1) is 0 Å². The van der Waals surface area contributed by atoms with Gasteiger partial charge in [-0.2, -0.15) is 0 Å². The van der Waals surface area contributed by atoms with Crippen LogP contribution in [0.1, 0.15) is 11.9 Å². The van der Waals surface area contributed by atoms with Crippen molar-refractivity contribution in [2.75, 3.05) is 5.75 Å². The molecule has 4 rings (SSSR count). The number of hydrogen-bond donors (Lipinski definition) is 1. The quantitative estimate of drug-likeness (QED) is 0.858. The molecule has 2 aliphatic heterocycles. The first kappa shape index (κ1) is 14.8. The predicted molar refractivity (Wildman–Crippen MR) is 92.2 cm³/mol. The van der Waals surface area contributed by atoms with Gasteiger partial charge in [0.1, 0.15) is 11.5 Å². The highest BCUT2D eigenvalue weighted by atomic mass is 32.2. The molecule has 0 radical (unpaired) electrons. The minimum atomic E-state index is -0.504. The summed E-state index contributed by atoms with van der Waals surface area (Å²) in [6.07, 6.45) is 2.85. The molecule has 7 heteroatoms. The van der Waals surface area contributed by atoms with Gasteiger partial charge in [-0.3, -0.25) is 10.1 Å². The molecule has 0 spiro atoms. The summed E-state index contributed by atoms with van der Waals surface area (Å²) in [4.78, 5) is 17.4. The number of hydrogen-bond acceptors (Lipinski definition) is 6. The maximum absolute atomic E-state index is 12.7. The number of carbonyl (C=O) groups excluding carboxylic acids is 1. The fourth-order valence-electron chi connectivity index (χ4n) is 2.65. The molecule has 2 aliphatic rings. The SMILES string of the molecule is C=CCSC1=NN2C(=c3ccccc3=N[C@H]2c2ccco2)C(=O)N1. The number of nitrogens with one attached hydrogen (secondary N) is 1. The van der Waals surface area contributed by atoms with Gasteiger partial charge in [-0.1, -0.05) is 36.0 Å². The lowest BCUT2D eigenvalue weighted by atomic mass is 10.1. The lowest BCUT2D eigenvalue weighted by Crippen LogP contribution is -2.50. The van der Waals surface area contributed by atoms with Gasteiger partial charge in [0.2, 0.25) is 6.17 Å². The van der Waals surface area contributed by atoms with Crippen LogP contribution in [-0.2, 0) is 4.79 Å². The number of amidine groups is 1. The smallest absolute Gasteiger partial charge is 0.276 e. The van der Waals surface area contributed by atoms with Gasteiger partial charge in [-0.15, -0.1) is 11.7 Å². The Morgan fingerprint density at radius 2 is 2.21 bits per heavy atom. The average molecular weight is 338 g/mol. The van der Waals surface area contributed by atoms with Gasteiger partial charge in [-0.25, -0.2) is 10.0 Å². The number of thioether (sulfide) groups is 1. The Balaban J connectivity index is 1.91. The van der Waals surface area contributed by atoms with Crippen LogP contribution in [0.5, 0.6) is 0 Å². The number of rotatable bonds is 3. The van der Waals surface area contributed by atoms with Crippen LogP contribution in [0.15, 0.2) is 69.8 Å². The predicted octanol–water partition coefficient (Wildman–Crippen LogP) is 1.34. The molecule has 6 nitrogen and oxygen atoms in total. The van der Waals surface area contributed by atoms with E-state index in [0.29, 0.717) is 22.4 Å². The number of para-hydroxylation sites is 1. The summed E-state index contributed by atoms with van der Waals surface area (Å²) < 4.78 is 5.52. The molecule has 0 aliphatic carbocycles. The minimum absolute atomic E-state index is 0.199. The Morgan fingerprint density at radius 3 is 3.00 bits per heavy atom. The zero-order valence-corrected chi connectivity index (χ0v) is 13.5. The molecule has 0 bridgehead atoms. The van der Waals surface area contributed by atoms with Crippen molar-refractivity contribution in [2.24, 2.45) is 10.1 Å². The van der Waals surface area contributed by atoms with Crippen LogP contribution in [0.2, 0.25) is 0 Å². The van der Waals surface area contributed by atoms with Gasteiger partial charge in [0.05, 0.1) is 11.6 Å². The molecule has 0 unspecified atom stereocenters. The van der Waals surface area contributed by atoms with E-state index in [0.717, 1.165) is 10.6 Å². The van der Waals surface area contributed by atoms with Crippen molar-refractivity contribution in [3.8, 4) is 0 Å². The van der Waals surface area contributed by atoms with E-state index in [1.54, 1.807) is 23.4 Å². The van der Waals surface area contributed by atoms with Crippen LogP contribution in [0.4, 0.5) is 0 Å². The second-order valence-corrected chi connectivity index (χ2v) is 6.20. The fraction of sp³-hybridized carbons (Fsp3) is 0.118. The first-order valence-electron chi connectivity index (χ1n) is 7.41. The van der Waals surface area contributed by atoms with Gasteiger partial charge < -0.3 is 4.42 Å². The zero-order valence-electron chi connectivity index (χ0n) is 12.7. The summed E-state index contributed by atoms with van der Waals surface area (Å²) in [5, 5.41) is 11.1. The lowest BCUT2D eigenvalue weighted by molar-refractivity contribution is -0.116. The monoisotopic (exact) mass is 338 g/mol. The number of carbonyl (C=O) groups is 1. The molecule has 3 heterocycles. The third kappa shape index (κ3) is 2.43. The maximum atomic E-state index is 12.7. The summed E-state index contributed by atoms with van der Waals surface area (Å²) >= 11 is 1.41. The largest absolute Gasteiger partial charge is 0.465 e. The number of benzene rings is 1. The third-order valence-corrected chi connectivity index (χ3v) is 4.51. The van der Waals surface area contributed by atoms with Gasteiger partial charge in [0.25, 0.3) is 5.91 Å². The second kappa shape index (κ2) is 6.01. The highest BCUT2D eigenvalue weighted by molar-refractivity contribution is 8.14. The highest BCUT2D eigenvalue weighted by Gasteiger charge is 2.35. The normalized spacial score (nSPS) is 18.9.